The SMILES string of the molecule is CCN(CCCCl)C(=O)c1c(F)cccc1Br. The van der Waals surface area contributed by atoms with Gasteiger partial charge in [0, 0.05) is 23.4 Å². The molecular formula is C12H14BrClFNO. The zero-order valence-corrected chi connectivity index (χ0v) is 11.9. The molecule has 0 spiro atoms. The van der Waals surface area contributed by atoms with Gasteiger partial charge in [-0.2, -0.15) is 0 Å². The van der Waals surface area contributed by atoms with Gasteiger partial charge < -0.3 is 4.90 Å². The van der Waals surface area contributed by atoms with Crippen LogP contribution in [-0.2, 0) is 0 Å². The normalized spacial score (nSPS) is 10.4. The average molecular weight is 323 g/mol. The molecule has 1 aromatic carbocycles. The van der Waals surface area contributed by atoms with Crippen molar-refractivity contribution in [1.82, 2.24) is 4.90 Å². The monoisotopic (exact) mass is 321 g/mol. The topological polar surface area (TPSA) is 20.3 Å². The van der Waals surface area contributed by atoms with E-state index < -0.39 is 5.82 Å². The van der Waals surface area contributed by atoms with Gasteiger partial charge in [-0.15, -0.1) is 11.6 Å². The maximum atomic E-state index is 13.6. The Hall–Kier alpha value is -0.610. The Labute approximate surface area is 114 Å². The van der Waals surface area contributed by atoms with E-state index in [0.29, 0.717) is 29.9 Å². The maximum Gasteiger partial charge on any atom is 0.257 e. The van der Waals surface area contributed by atoms with Gasteiger partial charge in [-0.1, -0.05) is 6.07 Å². The van der Waals surface area contributed by atoms with Crippen LogP contribution in [0.5, 0.6) is 0 Å². The molecule has 0 fully saturated rings. The summed E-state index contributed by atoms with van der Waals surface area (Å²) in [4.78, 5) is 13.7. The fraction of sp³-hybridized carbons (Fsp3) is 0.417. The van der Waals surface area contributed by atoms with Crippen LogP contribution in [0.2, 0.25) is 0 Å². The Bertz CT molecular complexity index is 380. The van der Waals surface area contributed by atoms with Crippen LogP contribution in [-0.4, -0.2) is 29.8 Å². The van der Waals surface area contributed by atoms with Gasteiger partial charge in [-0.05, 0) is 41.4 Å². The molecule has 5 heteroatoms. The Morgan fingerprint density at radius 3 is 2.76 bits per heavy atom. The van der Waals surface area contributed by atoms with E-state index in [1.165, 1.54) is 6.07 Å². The first-order valence-electron chi connectivity index (χ1n) is 5.41. The van der Waals surface area contributed by atoms with Crippen molar-refractivity contribution in [3.63, 3.8) is 0 Å². The first-order valence-corrected chi connectivity index (χ1v) is 6.73. The lowest BCUT2D eigenvalue weighted by Gasteiger charge is -2.21. The summed E-state index contributed by atoms with van der Waals surface area (Å²) >= 11 is 8.79. The zero-order valence-electron chi connectivity index (χ0n) is 9.55. The third-order valence-electron chi connectivity index (χ3n) is 2.41. The highest BCUT2D eigenvalue weighted by Gasteiger charge is 2.20. The predicted molar refractivity (Wildman–Crippen MR) is 71.0 cm³/mol. The summed E-state index contributed by atoms with van der Waals surface area (Å²) in [7, 11) is 0. The average Bonchev–Trinajstić information content (AvgIpc) is 2.30. The minimum Gasteiger partial charge on any atom is -0.339 e. The van der Waals surface area contributed by atoms with Crippen molar-refractivity contribution in [1.29, 1.82) is 0 Å². The van der Waals surface area contributed by atoms with Crippen molar-refractivity contribution in [3.8, 4) is 0 Å². The molecule has 1 rings (SSSR count). The number of alkyl halides is 1. The molecule has 0 aliphatic heterocycles. The summed E-state index contributed by atoms with van der Waals surface area (Å²) in [6, 6.07) is 4.50. The first-order chi connectivity index (χ1) is 8.11. The van der Waals surface area contributed by atoms with Gasteiger partial charge in [0.1, 0.15) is 5.82 Å². The highest BCUT2D eigenvalue weighted by molar-refractivity contribution is 9.10. The molecule has 0 aromatic heterocycles. The lowest BCUT2D eigenvalue weighted by molar-refractivity contribution is 0.0759. The molecule has 2 nitrogen and oxygen atoms in total. The van der Waals surface area contributed by atoms with Crippen LogP contribution < -0.4 is 0 Å². The number of carbonyl (C=O) groups is 1. The molecule has 17 heavy (non-hydrogen) atoms. The van der Waals surface area contributed by atoms with E-state index >= 15 is 0 Å². The van der Waals surface area contributed by atoms with Gasteiger partial charge in [0.15, 0.2) is 0 Å². The van der Waals surface area contributed by atoms with E-state index in [0.717, 1.165) is 0 Å². The molecule has 0 saturated carbocycles. The van der Waals surface area contributed by atoms with Crippen LogP contribution in [0.1, 0.15) is 23.7 Å². The third-order valence-corrected chi connectivity index (χ3v) is 3.34. The second-order valence-electron chi connectivity index (χ2n) is 3.52. The number of benzene rings is 1. The second-order valence-corrected chi connectivity index (χ2v) is 4.76. The highest BCUT2D eigenvalue weighted by atomic mass is 79.9. The van der Waals surface area contributed by atoms with Crippen molar-refractivity contribution in [2.75, 3.05) is 19.0 Å². The fourth-order valence-corrected chi connectivity index (χ4v) is 2.15. The lowest BCUT2D eigenvalue weighted by atomic mass is 10.2. The number of halogens is 3. The smallest absolute Gasteiger partial charge is 0.257 e. The molecule has 0 aliphatic carbocycles. The first kappa shape index (κ1) is 14.5. The maximum absolute atomic E-state index is 13.6. The predicted octanol–water partition coefficient (Wildman–Crippen LogP) is 3.68. The fourth-order valence-electron chi connectivity index (χ4n) is 1.51. The molecule has 0 N–H and O–H groups in total. The Balaban J connectivity index is 2.93. The van der Waals surface area contributed by atoms with Crippen LogP contribution in [0, 0.1) is 5.82 Å². The molecule has 94 valence electrons. The number of hydrogen-bond acceptors (Lipinski definition) is 1. The molecule has 0 bridgehead atoms. The van der Waals surface area contributed by atoms with Gasteiger partial charge in [0.05, 0.1) is 5.56 Å². The van der Waals surface area contributed by atoms with Crippen molar-refractivity contribution >= 4 is 33.4 Å². The van der Waals surface area contributed by atoms with Crippen LogP contribution in [0.15, 0.2) is 22.7 Å². The number of nitrogens with zero attached hydrogens (tertiary/aromatic N) is 1. The van der Waals surface area contributed by atoms with Crippen LogP contribution in [0.3, 0.4) is 0 Å². The van der Waals surface area contributed by atoms with Crippen LogP contribution in [0.4, 0.5) is 4.39 Å². The van der Waals surface area contributed by atoms with Gasteiger partial charge in [-0.25, -0.2) is 4.39 Å². The van der Waals surface area contributed by atoms with Crippen molar-refractivity contribution in [2.24, 2.45) is 0 Å². The summed E-state index contributed by atoms with van der Waals surface area (Å²) in [5, 5.41) is 0. The van der Waals surface area contributed by atoms with E-state index in [9.17, 15) is 9.18 Å². The molecule has 1 aromatic rings. The summed E-state index contributed by atoms with van der Waals surface area (Å²) < 4.78 is 14.1. The summed E-state index contributed by atoms with van der Waals surface area (Å²) in [5.41, 5.74) is 0.0870. The Kier molecular flexibility index (Phi) is 5.92. The summed E-state index contributed by atoms with van der Waals surface area (Å²) in [6.07, 6.45) is 0.702. The van der Waals surface area contributed by atoms with Crippen molar-refractivity contribution < 1.29 is 9.18 Å². The molecule has 0 saturated heterocycles. The molecule has 0 atom stereocenters. The molecular weight excluding hydrogens is 308 g/mol. The van der Waals surface area contributed by atoms with E-state index in [1.54, 1.807) is 17.0 Å². The van der Waals surface area contributed by atoms with Crippen molar-refractivity contribution in [2.45, 2.75) is 13.3 Å². The van der Waals surface area contributed by atoms with Gasteiger partial charge in [0.25, 0.3) is 5.91 Å². The van der Waals surface area contributed by atoms with Crippen LogP contribution in [0.25, 0.3) is 0 Å². The number of amides is 1. The van der Waals surface area contributed by atoms with Gasteiger partial charge >= 0.3 is 0 Å². The van der Waals surface area contributed by atoms with Crippen LogP contribution >= 0.6 is 27.5 Å². The minimum absolute atomic E-state index is 0.0870. The Morgan fingerprint density at radius 2 is 2.24 bits per heavy atom. The second kappa shape index (κ2) is 6.97. The van der Waals surface area contributed by atoms with Gasteiger partial charge in [-0.3, -0.25) is 4.79 Å². The largest absolute Gasteiger partial charge is 0.339 e. The standard InChI is InChI=1S/C12H14BrClFNO/c1-2-16(8-4-7-14)12(17)11-9(13)5-3-6-10(11)15/h3,5-6H,2,4,7-8H2,1H3. The molecule has 1 amide bonds. The van der Waals surface area contributed by atoms with E-state index in [1.807, 2.05) is 6.92 Å². The highest BCUT2D eigenvalue weighted by Crippen LogP contribution is 2.21. The zero-order chi connectivity index (χ0) is 12.8. The number of rotatable bonds is 5. The molecule has 0 aliphatic rings. The molecule has 0 heterocycles. The van der Waals surface area contributed by atoms with Gasteiger partial charge in [0.2, 0.25) is 0 Å². The van der Waals surface area contributed by atoms with E-state index in [2.05, 4.69) is 15.9 Å². The van der Waals surface area contributed by atoms with E-state index in [4.69, 9.17) is 11.6 Å². The molecule has 0 radical (unpaired) electrons. The summed E-state index contributed by atoms with van der Waals surface area (Å²) in [6.45, 7) is 2.94. The van der Waals surface area contributed by atoms with E-state index in [-0.39, 0.29) is 11.5 Å². The quantitative estimate of drug-likeness (QED) is 0.757. The lowest BCUT2D eigenvalue weighted by Crippen LogP contribution is -2.32. The molecule has 0 unspecified atom stereocenters. The number of carbonyl (C=O) groups excluding carboxylic acids is 1. The number of hydrogen-bond donors (Lipinski definition) is 0. The minimum atomic E-state index is -0.506. The third kappa shape index (κ3) is 3.68. The Morgan fingerprint density at radius 1 is 1.53 bits per heavy atom. The summed E-state index contributed by atoms with van der Waals surface area (Å²) in [5.74, 6) is -0.321. The van der Waals surface area contributed by atoms with Crippen molar-refractivity contribution in [3.05, 3.63) is 34.1 Å².